The lowest BCUT2D eigenvalue weighted by atomic mass is 10.1. The third kappa shape index (κ3) is 3.79. The number of carbonyl (C=O) groups excluding carboxylic acids is 1. The van der Waals surface area contributed by atoms with E-state index < -0.39 is 5.82 Å². The highest BCUT2D eigenvalue weighted by molar-refractivity contribution is 5.96. The normalized spacial score (nSPS) is 11.7. The number of benzene rings is 2. The van der Waals surface area contributed by atoms with Gasteiger partial charge in [-0.05, 0) is 42.5 Å². The average Bonchev–Trinajstić information content (AvgIpc) is 3.19. The van der Waals surface area contributed by atoms with Gasteiger partial charge in [0.1, 0.15) is 22.7 Å². The maximum atomic E-state index is 13.5. The first-order chi connectivity index (χ1) is 13.2. The third-order valence-corrected chi connectivity index (χ3v) is 3.94. The fourth-order valence-electron chi connectivity index (χ4n) is 2.65. The summed E-state index contributed by atoms with van der Waals surface area (Å²) in [7, 11) is 0. The summed E-state index contributed by atoms with van der Waals surface area (Å²) in [6.45, 7) is 0.234. The molecule has 2 heterocycles. The smallest absolute Gasteiger partial charge is 0.257 e. The molecule has 0 fully saturated rings. The van der Waals surface area contributed by atoms with Crippen molar-refractivity contribution in [2.45, 2.75) is 6.54 Å². The van der Waals surface area contributed by atoms with E-state index in [1.54, 1.807) is 36.4 Å². The molecule has 0 radical (unpaired) electrons. The van der Waals surface area contributed by atoms with Gasteiger partial charge in [-0.25, -0.2) is 9.38 Å². The van der Waals surface area contributed by atoms with Crippen LogP contribution in [0.25, 0.3) is 11.0 Å². The molecule has 27 heavy (non-hydrogen) atoms. The van der Waals surface area contributed by atoms with Gasteiger partial charge in [0.15, 0.2) is 0 Å². The van der Waals surface area contributed by atoms with Crippen LogP contribution in [0.5, 0.6) is 0 Å². The molecule has 0 aliphatic rings. The van der Waals surface area contributed by atoms with E-state index >= 15 is 0 Å². The molecule has 0 saturated heterocycles. The summed E-state index contributed by atoms with van der Waals surface area (Å²) >= 11 is 0. The lowest BCUT2D eigenvalue weighted by Gasteiger charge is -2.06. The van der Waals surface area contributed by atoms with Gasteiger partial charge in [0, 0.05) is 5.39 Å². The van der Waals surface area contributed by atoms with Gasteiger partial charge < -0.3 is 14.2 Å². The van der Waals surface area contributed by atoms with Crippen LogP contribution in [0.15, 0.2) is 86.8 Å². The van der Waals surface area contributed by atoms with Crippen molar-refractivity contribution < 1.29 is 18.0 Å². The third-order valence-electron chi connectivity index (χ3n) is 3.94. The van der Waals surface area contributed by atoms with Crippen LogP contribution >= 0.6 is 0 Å². The Morgan fingerprint density at radius 1 is 1.04 bits per heavy atom. The first-order valence-corrected chi connectivity index (χ1v) is 8.33. The molecule has 0 aliphatic heterocycles. The number of nitrogens with one attached hydrogen (secondary N) is 1. The molecule has 5 nitrogen and oxygen atoms in total. The van der Waals surface area contributed by atoms with E-state index in [2.05, 4.69) is 10.3 Å². The zero-order chi connectivity index (χ0) is 18.6. The van der Waals surface area contributed by atoms with Gasteiger partial charge in [0.2, 0.25) is 5.55 Å². The summed E-state index contributed by atoms with van der Waals surface area (Å²) in [5.41, 5.74) is 1.30. The fraction of sp³-hybridized carbons (Fsp3) is 0.0476. The molecule has 2 aromatic heterocycles. The van der Waals surface area contributed by atoms with Gasteiger partial charge in [-0.1, -0.05) is 24.3 Å². The van der Waals surface area contributed by atoms with Gasteiger partial charge >= 0.3 is 0 Å². The van der Waals surface area contributed by atoms with Gasteiger partial charge in [-0.2, -0.15) is 0 Å². The lowest BCUT2D eigenvalue weighted by molar-refractivity contribution is 0.0944. The van der Waals surface area contributed by atoms with E-state index in [0.717, 1.165) is 5.39 Å². The van der Waals surface area contributed by atoms with Gasteiger partial charge in [-0.3, -0.25) is 4.79 Å². The second-order valence-electron chi connectivity index (χ2n) is 5.86. The number of hydrogen-bond acceptors (Lipinski definition) is 4. The standard InChI is InChI=1S/C21H15FN2O3/c22-15-6-3-7-16(12-15)24-21-18(11-14-5-1-2-9-19(14)27-21)20(25)23-13-17-8-4-10-26-17/h1-12H,13H2,(H,23,25). The molecule has 0 spiro atoms. The summed E-state index contributed by atoms with van der Waals surface area (Å²) in [5.74, 6) is -0.151. The summed E-state index contributed by atoms with van der Waals surface area (Å²) in [4.78, 5) is 17.0. The van der Waals surface area contributed by atoms with Crippen LogP contribution in [0.4, 0.5) is 10.1 Å². The van der Waals surface area contributed by atoms with Crippen LogP contribution in [0.3, 0.4) is 0 Å². The van der Waals surface area contributed by atoms with Gasteiger partial charge in [0.25, 0.3) is 5.91 Å². The number of fused-ring (bicyclic) bond motifs is 1. The number of furan rings is 1. The topological polar surface area (TPSA) is 67.7 Å². The minimum atomic E-state index is -0.416. The van der Waals surface area contributed by atoms with Gasteiger partial charge in [0.05, 0.1) is 18.5 Å². The maximum Gasteiger partial charge on any atom is 0.257 e. The van der Waals surface area contributed by atoms with Crippen LogP contribution in [-0.4, -0.2) is 5.91 Å². The molecule has 0 unspecified atom stereocenters. The predicted octanol–water partition coefficient (Wildman–Crippen LogP) is 4.33. The van der Waals surface area contributed by atoms with E-state index in [9.17, 15) is 9.18 Å². The Labute approximate surface area is 153 Å². The Morgan fingerprint density at radius 2 is 1.93 bits per heavy atom. The highest BCUT2D eigenvalue weighted by atomic mass is 19.1. The zero-order valence-electron chi connectivity index (χ0n) is 14.2. The Balaban J connectivity index is 1.78. The molecular weight excluding hydrogens is 347 g/mol. The molecular formula is C21H15FN2O3. The number of carbonyl (C=O) groups is 1. The number of para-hydroxylation sites is 1. The summed E-state index contributed by atoms with van der Waals surface area (Å²) in [5, 5.41) is 3.54. The largest absolute Gasteiger partial charge is 0.467 e. The van der Waals surface area contributed by atoms with Crippen molar-refractivity contribution in [1.82, 2.24) is 5.32 Å². The van der Waals surface area contributed by atoms with Crippen molar-refractivity contribution in [3.8, 4) is 0 Å². The van der Waals surface area contributed by atoms with Crippen LogP contribution in [0, 0.1) is 5.82 Å². The van der Waals surface area contributed by atoms with Crippen molar-refractivity contribution >= 4 is 22.6 Å². The Morgan fingerprint density at radius 3 is 2.74 bits per heavy atom. The molecule has 4 rings (SSSR count). The molecule has 134 valence electrons. The van der Waals surface area contributed by atoms with Crippen LogP contribution in [0.2, 0.25) is 0 Å². The highest BCUT2D eigenvalue weighted by Gasteiger charge is 2.13. The number of hydrogen-bond donors (Lipinski definition) is 1. The number of nitrogens with zero attached hydrogens (tertiary/aromatic N) is 1. The molecule has 0 atom stereocenters. The average molecular weight is 362 g/mol. The summed E-state index contributed by atoms with van der Waals surface area (Å²) < 4.78 is 24.5. The van der Waals surface area contributed by atoms with Crippen LogP contribution < -0.4 is 10.9 Å². The summed E-state index contributed by atoms with van der Waals surface area (Å²) in [6, 6.07) is 18.3. The highest BCUT2D eigenvalue weighted by Crippen LogP contribution is 2.16. The molecule has 6 heteroatoms. The van der Waals surface area contributed by atoms with Crippen molar-refractivity contribution in [3.63, 3.8) is 0 Å². The molecule has 2 aromatic carbocycles. The minimum absolute atomic E-state index is 0.108. The van der Waals surface area contributed by atoms with Crippen molar-refractivity contribution in [1.29, 1.82) is 0 Å². The Bertz CT molecular complexity index is 1160. The van der Waals surface area contributed by atoms with E-state index in [0.29, 0.717) is 17.0 Å². The molecule has 1 N–H and O–H groups in total. The molecule has 0 saturated carbocycles. The molecule has 4 aromatic rings. The van der Waals surface area contributed by atoms with E-state index in [1.807, 2.05) is 18.2 Å². The van der Waals surface area contributed by atoms with Gasteiger partial charge in [-0.15, -0.1) is 0 Å². The maximum absolute atomic E-state index is 13.5. The number of halogens is 1. The van der Waals surface area contributed by atoms with E-state index in [-0.39, 0.29) is 23.6 Å². The van der Waals surface area contributed by atoms with Crippen molar-refractivity contribution in [2.75, 3.05) is 0 Å². The molecule has 0 bridgehead atoms. The quantitative estimate of drug-likeness (QED) is 0.588. The fourth-order valence-corrected chi connectivity index (χ4v) is 2.65. The minimum Gasteiger partial charge on any atom is -0.467 e. The van der Waals surface area contributed by atoms with E-state index in [4.69, 9.17) is 8.83 Å². The Hall–Kier alpha value is -3.67. The van der Waals surface area contributed by atoms with Crippen molar-refractivity contribution in [2.24, 2.45) is 4.99 Å². The first kappa shape index (κ1) is 16.8. The predicted molar refractivity (Wildman–Crippen MR) is 97.7 cm³/mol. The molecule has 0 aliphatic carbocycles. The molecule has 1 amide bonds. The van der Waals surface area contributed by atoms with Crippen LogP contribution in [0.1, 0.15) is 16.1 Å². The second kappa shape index (κ2) is 7.29. The van der Waals surface area contributed by atoms with Crippen molar-refractivity contribution in [3.05, 3.63) is 95.7 Å². The number of amides is 1. The van der Waals surface area contributed by atoms with E-state index in [1.165, 1.54) is 18.4 Å². The summed E-state index contributed by atoms with van der Waals surface area (Å²) in [6.07, 6.45) is 1.54. The monoisotopic (exact) mass is 362 g/mol. The SMILES string of the molecule is O=C(NCc1ccco1)c1cc2ccccc2oc1=Nc1cccc(F)c1. The Kier molecular flexibility index (Phi) is 4.53. The van der Waals surface area contributed by atoms with Crippen LogP contribution in [-0.2, 0) is 6.54 Å². The zero-order valence-corrected chi connectivity index (χ0v) is 14.2. The second-order valence-corrected chi connectivity index (χ2v) is 5.86. The number of rotatable bonds is 4. The lowest BCUT2D eigenvalue weighted by Crippen LogP contribution is -2.28. The first-order valence-electron chi connectivity index (χ1n) is 8.33.